The standard InChI is InChI=1S/C13H11N3O4S2/c1-7-5-11(21-12(7)13(17)18)22(19,20)16-10-4-2-3-9-8(10)6-14-15-9/h2-6,16H,1H3,(H,14,15)(H,17,18). The molecule has 1 aromatic carbocycles. The molecule has 2 aromatic heterocycles. The van der Waals surface area contributed by atoms with Crippen LogP contribution in [0.4, 0.5) is 5.69 Å². The van der Waals surface area contributed by atoms with Gasteiger partial charge in [0, 0.05) is 5.39 Å². The normalized spacial score (nSPS) is 11.7. The number of aromatic nitrogens is 2. The van der Waals surface area contributed by atoms with E-state index in [0.29, 0.717) is 22.2 Å². The number of hydrogen-bond donors (Lipinski definition) is 3. The van der Waals surface area contributed by atoms with Crippen LogP contribution in [0.2, 0.25) is 0 Å². The molecule has 0 saturated heterocycles. The number of carbonyl (C=O) groups is 1. The second-order valence-corrected chi connectivity index (χ2v) is 7.59. The molecule has 0 aliphatic rings. The van der Waals surface area contributed by atoms with E-state index in [2.05, 4.69) is 14.9 Å². The van der Waals surface area contributed by atoms with Crippen molar-refractivity contribution < 1.29 is 18.3 Å². The quantitative estimate of drug-likeness (QED) is 0.677. The van der Waals surface area contributed by atoms with Crippen molar-refractivity contribution in [3.8, 4) is 0 Å². The molecule has 0 aliphatic carbocycles. The number of fused-ring (bicyclic) bond motifs is 1. The summed E-state index contributed by atoms with van der Waals surface area (Å²) in [5.41, 5.74) is 1.50. The van der Waals surface area contributed by atoms with Crippen LogP contribution >= 0.6 is 11.3 Å². The number of aromatic carboxylic acids is 1. The predicted octanol–water partition coefficient (Wildman–Crippen LogP) is 2.43. The van der Waals surface area contributed by atoms with Gasteiger partial charge >= 0.3 is 5.97 Å². The van der Waals surface area contributed by atoms with Crippen molar-refractivity contribution in [1.82, 2.24) is 10.2 Å². The van der Waals surface area contributed by atoms with Gasteiger partial charge in [0.1, 0.15) is 9.09 Å². The molecule has 0 fully saturated rings. The number of aryl methyl sites for hydroxylation is 1. The Kier molecular flexibility index (Phi) is 3.38. The minimum absolute atomic E-state index is 0.0156. The van der Waals surface area contributed by atoms with Gasteiger partial charge in [0.15, 0.2) is 0 Å². The molecule has 0 aliphatic heterocycles. The summed E-state index contributed by atoms with van der Waals surface area (Å²) in [4.78, 5) is 11.1. The number of nitrogens with one attached hydrogen (secondary N) is 2. The molecule has 3 N–H and O–H groups in total. The maximum atomic E-state index is 12.4. The van der Waals surface area contributed by atoms with E-state index in [1.165, 1.54) is 12.3 Å². The Morgan fingerprint density at radius 1 is 1.41 bits per heavy atom. The fraction of sp³-hybridized carbons (Fsp3) is 0.0769. The third kappa shape index (κ3) is 2.44. The zero-order valence-corrected chi connectivity index (χ0v) is 13.0. The Bertz CT molecular complexity index is 972. The fourth-order valence-corrected chi connectivity index (χ4v) is 4.51. The van der Waals surface area contributed by atoms with Crippen LogP contribution < -0.4 is 4.72 Å². The van der Waals surface area contributed by atoms with Gasteiger partial charge in [-0.25, -0.2) is 13.2 Å². The van der Waals surface area contributed by atoms with E-state index in [-0.39, 0.29) is 9.09 Å². The van der Waals surface area contributed by atoms with Crippen LogP contribution in [0.15, 0.2) is 34.7 Å². The van der Waals surface area contributed by atoms with Gasteiger partial charge in [-0.3, -0.25) is 9.82 Å². The molecule has 9 heteroatoms. The lowest BCUT2D eigenvalue weighted by atomic mass is 10.2. The Morgan fingerprint density at radius 2 is 2.18 bits per heavy atom. The van der Waals surface area contributed by atoms with Crippen LogP contribution in [0, 0.1) is 6.92 Å². The highest BCUT2D eigenvalue weighted by molar-refractivity contribution is 7.94. The molecule has 7 nitrogen and oxygen atoms in total. The largest absolute Gasteiger partial charge is 0.477 e. The monoisotopic (exact) mass is 337 g/mol. The van der Waals surface area contributed by atoms with Gasteiger partial charge in [0.05, 0.1) is 17.4 Å². The van der Waals surface area contributed by atoms with Gasteiger partial charge in [0.2, 0.25) is 0 Å². The highest BCUT2D eigenvalue weighted by Crippen LogP contribution is 2.29. The molecule has 2 heterocycles. The summed E-state index contributed by atoms with van der Waals surface area (Å²) in [6, 6.07) is 6.44. The summed E-state index contributed by atoms with van der Waals surface area (Å²) in [5, 5.41) is 16.3. The lowest BCUT2D eigenvalue weighted by Crippen LogP contribution is -2.11. The van der Waals surface area contributed by atoms with Crippen LogP contribution in [-0.2, 0) is 10.0 Å². The molecule has 3 aromatic rings. The number of rotatable bonds is 4. The van der Waals surface area contributed by atoms with Gasteiger partial charge in [-0.2, -0.15) is 5.10 Å². The van der Waals surface area contributed by atoms with E-state index in [9.17, 15) is 13.2 Å². The number of benzene rings is 1. The first kappa shape index (κ1) is 14.5. The summed E-state index contributed by atoms with van der Waals surface area (Å²) in [6.45, 7) is 1.57. The zero-order valence-electron chi connectivity index (χ0n) is 11.3. The van der Waals surface area contributed by atoms with E-state index in [4.69, 9.17) is 5.11 Å². The van der Waals surface area contributed by atoms with Crippen molar-refractivity contribution >= 4 is 43.9 Å². The lowest BCUT2D eigenvalue weighted by Gasteiger charge is -2.06. The molecule has 0 spiro atoms. The van der Waals surface area contributed by atoms with Crippen molar-refractivity contribution in [2.24, 2.45) is 0 Å². The molecular weight excluding hydrogens is 326 g/mol. The Balaban J connectivity index is 2.02. The number of carboxylic acids is 1. The summed E-state index contributed by atoms with van der Waals surface area (Å²) < 4.78 is 27.3. The highest BCUT2D eigenvalue weighted by atomic mass is 32.2. The molecule has 0 atom stereocenters. The van der Waals surface area contributed by atoms with E-state index >= 15 is 0 Å². The molecule has 3 rings (SSSR count). The van der Waals surface area contributed by atoms with Crippen LogP contribution in [0.1, 0.15) is 15.2 Å². The number of hydrogen-bond acceptors (Lipinski definition) is 5. The summed E-state index contributed by atoms with van der Waals surface area (Å²) in [5.74, 6) is -1.14. The summed E-state index contributed by atoms with van der Waals surface area (Å²) in [6.07, 6.45) is 1.52. The van der Waals surface area contributed by atoms with E-state index in [0.717, 1.165) is 11.3 Å². The first-order chi connectivity index (χ1) is 10.4. The zero-order chi connectivity index (χ0) is 15.9. The second-order valence-electron chi connectivity index (χ2n) is 4.63. The minimum atomic E-state index is -3.85. The second kappa shape index (κ2) is 5.11. The van der Waals surface area contributed by atoms with Crippen molar-refractivity contribution in [2.45, 2.75) is 11.1 Å². The van der Waals surface area contributed by atoms with Gasteiger partial charge < -0.3 is 5.11 Å². The molecule has 0 bridgehead atoms. The average molecular weight is 337 g/mol. The molecule has 0 amide bonds. The van der Waals surface area contributed by atoms with Crippen molar-refractivity contribution in [1.29, 1.82) is 0 Å². The van der Waals surface area contributed by atoms with E-state index in [1.54, 1.807) is 25.1 Å². The number of aromatic amines is 1. The van der Waals surface area contributed by atoms with E-state index in [1.807, 2.05) is 0 Å². The third-order valence-electron chi connectivity index (χ3n) is 3.08. The number of thiophene rings is 1. The topological polar surface area (TPSA) is 112 Å². The first-order valence-corrected chi connectivity index (χ1v) is 8.47. The van der Waals surface area contributed by atoms with Gasteiger partial charge in [-0.15, -0.1) is 11.3 Å². The minimum Gasteiger partial charge on any atom is -0.477 e. The van der Waals surface area contributed by atoms with Crippen LogP contribution in [0.5, 0.6) is 0 Å². The molecule has 0 radical (unpaired) electrons. The highest BCUT2D eigenvalue weighted by Gasteiger charge is 2.22. The number of sulfonamides is 1. The summed E-state index contributed by atoms with van der Waals surface area (Å²) in [7, 11) is -3.85. The van der Waals surface area contributed by atoms with Gasteiger partial charge in [-0.05, 0) is 30.7 Å². The van der Waals surface area contributed by atoms with Crippen molar-refractivity contribution in [3.05, 3.63) is 40.9 Å². The van der Waals surface area contributed by atoms with Gasteiger partial charge in [-0.1, -0.05) is 6.07 Å². The lowest BCUT2D eigenvalue weighted by molar-refractivity contribution is 0.0701. The summed E-state index contributed by atoms with van der Waals surface area (Å²) >= 11 is 0.728. The van der Waals surface area contributed by atoms with Crippen LogP contribution in [0.25, 0.3) is 10.9 Å². The Labute approximate surface area is 129 Å². The van der Waals surface area contributed by atoms with Gasteiger partial charge in [0.25, 0.3) is 10.0 Å². The van der Waals surface area contributed by atoms with Crippen molar-refractivity contribution in [2.75, 3.05) is 4.72 Å². The maximum Gasteiger partial charge on any atom is 0.346 e. The molecular formula is C13H11N3O4S2. The molecule has 114 valence electrons. The van der Waals surface area contributed by atoms with Crippen LogP contribution in [0.3, 0.4) is 0 Å². The Morgan fingerprint density at radius 3 is 2.86 bits per heavy atom. The van der Waals surface area contributed by atoms with E-state index < -0.39 is 16.0 Å². The predicted molar refractivity (Wildman–Crippen MR) is 82.9 cm³/mol. The number of nitrogens with zero attached hydrogens (tertiary/aromatic N) is 1. The van der Waals surface area contributed by atoms with Crippen LogP contribution in [-0.4, -0.2) is 29.7 Å². The molecule has 0 unspecified atom stereocenters. The Hall–Kier alpha value is -2.39. The number of carboxylic acid groups (broad SMARTS) is 1. The molecule has 22 heavy (non-hydrogen) atoms. The van der Waals surface area contributed by atoms with Crippen molar-refractivity contribution in [3.63, 3.8) is 0 Å². The first-order valence-electron chi connectivity index (χ1n) is 6.17. The SMILES string of the molecule is Cc1cc(S(=O)(=O)Nc2cccc3[nH]ncc23)sc1C(=O)O. The third-order valence-corrected chi connectivity index (χ3v) is 6.15. The number of H-pyrrole nitrogens is 1. The average Bonchev–Trinajstić information content (AvgIpc) is 3.05. The smallest absolute Gasteiger partial charge is 0.346 e. The number of anilines is 1. The fourth-order valence-electron chi connectivity index (χ4n) is 2.05. The molecule has 0 saturated carbocycles. The maximum absolute atomic E-state index is 12.4.